The summed E-state index contributed by atoms with van der Waals surface area (Å²) in [7, 11) is -2.94. The highest BCUT2D eigenvalue weighted by molar-refractivity contribution is 7.91. The molecular formula is C10H20N2O2S. The summed E-state index contributed by atoms with van der Waals surface area (Å²) in [5, 5.41) is 11.8. The topological polar surface area (TPSA) is 70.0 Å². The molecule has 0 saturated carbocycles. The molecule has 0 aromatic heterocycles. The molecule has 1 N–H and O–H groups in total. The first-order valence-electron chi connectivity index (χ1n) is 5.07. The van der Waals surface area contributed by atoms with Gasteiger partial charge in [0.2, 0.25) is 0 Å². The molecule has 0 amide bonds. The Morgan fingerprint density at radius 3 is 2.40 bits per heavy atom. The van der Waals surface area contributed by atoms with E-state index in [1.807, 2.05) is 20.8 Å². The molecule has 0 aromatic carbocycles. The molecule has 0 aliphatic carbocycles. The van der Waals surface area contributed by atoms with Gasteiger partial charge in [0, 0.05) is 18.3 Å². The molecular weight excluding hydrogens is 212 g/mol. The van der Waals surface area contributed by atoms with Gasteiger partial charge in [-0.05, 0) is 20.8 Å². The molecule has 0 spiro atoms. The smallest absolute Gasteiger partial charge is 0.151 e. The van der Waals surface area contributed by atoms with Gasteiger partial charge < -0.3 is 5.32 Å². The van der Waals surface area contributed by atoms with Crippen molar-refractivity contribution in [1.29, 1.82) is 5.26 Å². The maximum absolute atomic E-state index is 11.3. The van der Waals surface area contributed by atoms with Crippen LogP contribution in [-0.4, -0.2) is 32.5 Å². The summed E-state index contributed by atoms with van der Waals surface area (Å²) in [5.41, 5.74) is -0.454. The molecule has 5 heteroatoms. The Bertz CT molecular complexity index is 328. The minimum atomic E-state index is -2.94. The highest BCUT2D eigenvalue weighted by Gasteiger charge is 2.19. The van der Waals surface area contributed by atoms with Gasteiger partial charge in [0.15, 0.2) is 9.84 Å². The summed E-state index contributed by atoms with van der Waals surface area (Å²) in [6, 6.07) is 2.05. The van der Waals surface area contributed by atoms with Gasteiger partial charge in [-0.2, -0.15) is 5.26 Å². The number of hydrogen-bond acceptors (Lipinski definition) is 4. The zero-order valence-electron chi connectivity index (χ0n) is 9.87. The molecule has 0 bridgehead atoms. The number of rotatable bonds is 6. The Morgan fingerprint density at radius 1 is 1.47 bits per heavy atom. The fourth-order valence-corrected chi connectivity index (χ4v) is 2.14. The van der Waals surface area contributed by atoms with Crippen molar-refractivity contribution in [3.05, 3.63) is 0 Å². The lowest BCUT2D eigenvalue weighted by molar-refractivity contribution is 0.420. The predicted octanol–water partition coefficient (Wildman–Crippen LogP) is 0.949. The van der Waals surface area contributed by atoms with E-state index in [-0.39, 0.29) is 17.5 Å². The van der Waals surface area contributed by atoms with Gasteiger partial charge in [-0.25, -0.2) is 8.42 Å². The van der Waals surface area contributed by atoms with E-state index in [4.69, 9.17) is 5.26 Å². The zero-order chi connectivity index (χ0) is 12.1. The number of sulfone groups is 1. The van der Waals surface area contributed by atoms with Crippen LogP contribution in [0.5, 0.6) is 0 Å². The Balaban J connectivity index is 4.08. The van der Waals surface area contributed by atoms with Gasteiger partial charge >= 0.3 is 0 Å². The van der Waals surface area contributed by atoms with E-state index >= 15 is 0 Å². The van der Waals surface area contributed by atoms with Crippen molar-refractivity contribution in [2.75, 3.05) is 18.1 Å². The van der Waals surface area contributed by atoms with Crippen LogP contribution in [0, 0.1) is 16.7 Å². The van der Waals surface area contributed by atoms with Crippen LogP contribution in [0.25, 0.3) is 0 Å². The van der Waals surface area contributed by atoms with Crippen molar-refractivity contribution in [1.82, 2.24) is 5.32 Å². The van der Waals surface area contributed by atoms with E-state index in [0.29, 0.717) is 6.54 Å². The molecule has 0 saturated heterocycles. The molecule has 88 valence electrons. The molecule has 0 aromatic rings. The second-order valence-electron chi connectivity index (χ2n) is 4.48. The lowest BCUT2D eigenvalue weighted by Crippen LogP contribution is -2.39. The van der Waals surface area contributed by atoms with Crippen LogP contribution in [0.1, 0.15) is 27.7 Å². The third-order valence-corrected chi connectivity index (χ3v) is 4.03. The lowest BCUT2D eigenvalue weighted by atomic mass is 9.96. The number of nitriles is 1. The molecule has 0 rings (SSSR count). The summed E-state index contributed by atoms with van der Waals surface area (Å²) in [6.45, 7) is 7.61. The van der Waals surface area contributed by atoms with Gasteiger partial charge in [-0.15, -0.1) is 0 Å². The molecule has 1 atom stereocenters. The standard InChI is InChI=1S/C10H20N2O2S/c1-5-15(13,14)6-9(2)12-8-10(3,4)7-11/h9,12H,5-6,8H2,1-4H3. The Morgan fingerprint density at radius 2 is 2.00 bits per heavy atom. The third kappa shape index (κ3) is 6.47. The normalized spacial score (nSPS) is 14.6. The van der Waals surface area contributed by atoms with Crippen LogP contribution in [0.3, 0.4) is 0 Å². The van der Waals surface area contributed by atoms with Crippen LogP contribution in [0.15, 0.2) is 0 Å². The molecule has 0 heterocycles. The van der Waals surface area contributed by atoms with E-state index < -0.39 is 15.3 Å². The number of nitrogens with zero attached hydrogens (tertiary/aromatic N) is 1. The molecule has 0 radical (unpaired) electrons. The first kappa shape index (κ1) is 14.4. The maximum atomic E-state index is 11.3. The summed E-state index contributed by atoms with van der Waals surface area (Å²) >= 11 is 0. The van der Waals surface area contributed by atoms with Crippen molar-refractivity contribution in [2.45, 2.75) is 33.7 Å². The van der Waals surface area contributed by atoms with Gasteiger partial charge in [-0.1, -0.05) is 6.92 Å². The lowest BCUT2D eigenvalue weighted by Gasteiger charge is -2.20. The average Bonchev–Trinajstić information content (AvgIpc) is 2.15. The van der Waals surface area contributed by atoms with Crippen molar-refractivity contribution >= 4 is 9.84 Å². The summed E-state index contributed by atoms with van der Waals surface area (Å²) in [5.74, 6) is 0.297. The first-order valence-corrected chi connectivity index (χ1v) is 6.89. The van der Waals surface area contributed by atoms with E-state index in [9.17, 15) is 8.42 Å². The average molecular weight is 232 g/mol. The number of hydrogen-bond donors (Lipinski definition) is 1. The first-order chi connectivity index (χ1) is 6.72. The predicted molar refractivity (Wildman–Crippen MR) is 61.2 cm³/mol. The highest BCUT2D eigenvalue weighted by Crippen LogP contribution is 2.11. The minimum Gasteiger partial charge on any atom is -0.312 e. The number of nitrogens with one attached hydrogen (secondary N) is 1. The Labute approximate surface area is 92.6 Å². The third-order valence-electron chi connectivity index (χ3n) is 2.14. The monoisotopic (exact) mass is 232 g/mol. The van der Waals surface area contributed by atoms with Gasteiger partial charge in [0.05, 0.1) is 17.2 Å². The van der Waals surface area contributed by atoms with E-state index in [1.54, 1.807) is 6.92 Å². The SMILES string of the molecule is CCS(=O)(=O)CC(C)NCC(C)(C)C#N. The highest BCUT2D eigenvalue weighted by atomic mass is 32.2. The largest absolute Gasteiger partial charge is 0.312 e. The Hall–Kier alpha value is -0.600. The van der Waals surface area contributed by atoms with Gasteiger partial charge in [0.25, 0.3) is 0 Å². The van der Waals surface area contributed by atoms with Gasteiger partial charge in [-0.3, -0.25) is 0 Å². The fourth-order valence-electron chi connectivity index (χ4n) is 1.03. The minimum absolute atomic E-state index is 0.109. The zero-order valence-corrected chi connectivity index (χ0v) is 10.7. The summed E-state index contributed by atoms with van der Waals surface area (Å²) in [4.78, 5) is 0. The maximum Gasteiger partial charge on any atom is 0.151 e. The van der Waals surface area contributed by atoms with Gasteiger partial charge in [0.1, 0.15) is 0 Å². The molecule has 15 heavy (non-hydrogen) atoms. The molecule has 0 fully saturated rings. The van der Waals surface area contributed by atoms with Crippen LogP contribution in [0.2, 0.25) is 0 Å². The van der Waals surface area contributed by atoms with E-state index in [0.717, 1.165) is 0 Å². The van der Waals surface area contributed by atoms with Crippen molar-refractivity contribution in [3.8, 4) is 6.07 Å². The second kappa shape index (κ2) is 5.47. The quantitative estimate of drug-likeness (QED) is 0.740. The van der Waals surface area contributed by atoms with Crippen LogP contribution < -0.4 is 5.32 Å². The van der Waals surface area contributed by atoms with Crippen LogP contribution in [-0.2, 0) is 9.84 Å². The summed E-state index contributed by atoms with van der Waals surface area (Å²) in [6.07, 6.45) is 0. The van der Waals surface area contributed by atoms with Crippen LogP contribution >= 0.6 is 0 Å². The van der Waals surface area contributed by atoms with Crippen LogP contribution in [0.4, 0.5) is 0 Å². The fraction of sp³-hybridized carbons (Fsp3) is 0.900. The second-order valence-corrected chi connectivity index (χ2v) is 6.87. The van der Waals surface area contributed by atoms with E-state index in [2.05, 4.69) is 11.4 Å². The van der Waals surface area contributed by atoms with Crippen molar-refractivity contribution in [3.63, 3.8) is 0 Å². The molecule has 0 aliphatic heterocycles. The summed E-state index contributed by atoms with van der Waals surface area (Å²) < 4.78 is 22.6. The van der Waals surface area contributed by atoms with Crippen molar-refractivity contribution in [2.24, 2.45) is 5.41 Å². The molecule has 4 nitrogen and oxygen atoms in total. The van der Waals surface area contributed by atoms with Crippen molar-refractivity contribution < 1.29 is 8.42 Å². The molecule has 0 aliphatic rings. The molecule has 1 unspecified atom stereocenters. The Kier molecular flexibility index (Phi) is 5.26. The van der Waals surface area contributed by atoms with E-state index in [1.165, 1.54) is 0 Å².